The molecule has 3 aromatic carbocycles. The van der Waals surface area contributed by atoms with Crippen molar-refractivity contribution in [1.29, 1.82) is 0 Å². The lowest BCUT2D eigenvalue weighted by Crippen LogP contribution is -2.41. The molecule has 1 aliphatic heterocycles. The third-order valence-corrected chi connectivity index (χ3v) is 4.40. The summed E-state index contributed by atoms with van der Waals surface area (Å²) in [5.74, 6) is -0.0390. The molecule has 0 spiro atoms. The van der Waals surface area contributed by atoms with Crippen molar-refractivity contribution >= 4 is 34.0 Å². The molecule has 1 aliphatic rings. The highest BCUT2D eigenvalue weighted by Crippen LogP contribution is 2.32. The number of esters is 1. The first-order chi connectivity index (χ1) is 12.6. The number of ether oxygens (including phenoxy) is 1. The molecule has 0 bridgehead atoms. The van der Waals surface area contributed by atoms with Gasteiger partial charge in [0.05, 0.1) is 12.2 Å². The Morgan fingerprint density at radius 2 is 1.92 bits per heavy atom. The van der Waals surface area contributed by atoms with Crippen LogP contribution in [0.4, 0.5) is 11.4 Å². The van der Waals surface area contributed by atoms with Gasteiger partial charge >= 0.3 is 5.97 Å². The second kappa shape index (κ2) is 6.52. The number of anilines is 2. The standard InChI is InChI=1S/C21H18N2O3/c1-14-9-10-18-19(11-14)26-21(25)13-23(18)12-20(24)22-17-8-4-6-15-5-2-3-7-16(15)17/h2-11H,12-13H2,1H3,(H,22,24). The lowest BCUT2D eigenvalue weighted by molar-refractivity contribution is -0.133. The van der Waals surface area contributed by atoms with Gasteiger partial charge in [-0.1, -0.05) is 42.5 Å². The zero-order valence-corrected chi connectivity index (χ0v) is 14.4. The molecular weight excluding hydrogens is 328 g/mol. The van der Waals surface area contributed by atoms with E-state index in [0.29, 0.717) is 5.75 Å². The third-order valence-electron chi connectivity index (χ3n) is 4.40. The molecule has 1 heterocycles. The van der Waals surface area contributed by atoms with E-state index in [-0.39, 0.29) is 25.0 Å². The second-order valence-electron chi connectivity index (χ2n) is 6.38. The van der Waals surface area contributed by atoms with Gasteiger partial charge < -0.3 is 15.0 Å². The van der Waals surface area contributed by atoms with Crippen LogP contribution >= 0.6 is 0 Å². The highest BCUT2D eigenvalue weighted by atomic mass is 16.5. The molecule has 5 nitrogen and oxygen atoms in total. The zero-order valence-electron chi connectivity index (χ0n) is 14.4. The average Bonchev–Trinajstić information content (AvgIpc) is 2.61. The number of hydrogen-bond acceptors (Lipinski definition) is 4. The molecule has 0 aromatic heterocycles. The van der Waals surface area contributed by atoms with E-state index in [0.717, 1.165) is 27.7 Å². The van der Waals surface area contributed by atoms with Crippen molar-refractivity contribution in [3.8, 4) is 5.75 Å². The first kappa shape index (κ1) is 16.1. The van der Waals surface area contributed by atoms with Crippen LogP contribution in [0.5, 0.6) is 5.75 Å². The van der Waals surface area contributed by atoms with Gasteiger partial charge in [0.1, 0.15) is 6.54 Å². The summed E-state index contributed by atoms with van der Waals surface area (Å²) < 4.78 is 5.29. The summed E-state index contributed by atoms with van der Waals surface area (Å²) in [5.41, 5.74) is 2.51. The van der Waals surface area contributed by atoms with Gasteiger partial charge in [0.15, 0.2) is 5.75 Å². The largest absolute Gasteiger partial charge is 0.423 e. The minimum Gasteiger partial charge on any atom is -0.423 e. The molecule has 0 unspecified atom stereocenters. The highest BCUT2D eigenvalue weighted by molar-refractivity contribution is 6.04. The van der Waals surface area contributed by atoms with Crippen molar-refractivity contribution in [1.82, 2.24) is 0 Å². The monoisotopic (exact) mass is 346 g/mol. The number of nitrogens with zero attached hydrogens (tertiary/aromatic N) is 1. The molecule has 4 rings (SSSR count). The molecule has 1 amide bonds. The van der Waals surface area contributed by atoms with E-state index in [2.05, 4.69) is 5.32 Å². The Kier molecular flexibility index (Phi) is 4.05. The fourth-order valence-corrected chi connectivity index (χ4v) is 3.20. The molecule has 0 aliphatic carbocycles. The van der Waals surface area contributed by atoms with Crippen LogP contribution in [-0.4, -0.2) is 25.0 Å². The molecule has 0 saturated heterocycles. The number of carbonyl (C=O) groups is 2. The van der Waals surface area contributed by atoms with E-state index in [1.165, 1.54) is 0 Å². The van der Waals surface area contributed by atoms with Gasteiger partial charge in [-0.05, 0) is 36.1 Å². The summed E-state index contributed by atoms with van der Waals surface area (Å²) in [4.78, 5) is 26.2. The predicted molar refractivity (Wildman–Crippen MR) is 102 cm³/mol. The van der Waals surface area contributed by atoms with Gasteiger partial charge in [-0.2, -0.15) is 0 Å². The van der Waals surface area contributed by atoms with Crippen molar-refractivity contribution in [2.45, 2.75) is 6.92 Å². The molecule has 1 N–H and O–H groups in total. The molecular formula is C21H18N2O3. The van der Waals surface area contributed by atoms with Crippen molar-refractivity contribution in [3.05, 3.63) is 66.2 Å². The molecule has 0 fully saturated rings. The van der Waals surface area contributed by atoms with Gasteiger partial charge in [0.25, 0.3) is 0 Å². The van der Waals surface area contributed by atoms with Crippen LogP contribution < -0.4 is 15.0 Å². The van der Waals surface area contributed by atoms with Gasteiger partial charge in [-0.25, -0.2) is 4.79 Å². The average molecular weight is 346 g/mol. The van der Waals surface area contributed by atoms with Gasteiger partial charge in [0.2, 0.25) is 5.91 Å². The Morgan fingerprint density at radius 3 is 2.81 bits per heavy atom. The number of aryl methyl sites for hydroxylation is 1. The molecule has 0 radical (unpaired) electrons. The smallest absolute Gasteiger partial charge is 0.331 e. The molecule has 26 heavy (non-hydrogen) atoms. The minimum absolute atomic E-state index is 0.0546. The van der Waals surface area contributed by atoms with Crippen molar-refractivity contribution < 1.29 is 14.3 Å². The van der Waals surface area contributed by atoms with E-state index < -0.39 is 0 Å². The first-order valence-corrected chi connectivity index (χ1v) is 8.44. The molecule has 0 atom stereocenters. The number of amides is 1. The van der Waals surface area contributed by atoms with Gasteiger partial charge in [0, 0.05) is 11.1 Å². The first-order valence-electron chi connectivity index (χ1n) is 8.44. The molecule has 5 heteroatoms. The number of hydrogen-bond donors (Lipinski definition) is 1. The lowest BCUT2D eigenvalue weighted by Gasteiger charge is -2.29. The second-order valence-corrected chi connectivity index (χ2v) is 6.38. The summed E-state index contributed by atoms with van der Waals surface area (Å²) in [7, 11) is 0. The van der Waals surface area contributed by atoms with Crippen molar-refractivity contribution in [2.24, 2.45) is 0 Å². The van der Waals surface area contributed by atoms with E-state index in [4.69, 9.17) is 4.74 Å². The van der Waals surface area contributed by atoms with Crippen LogP contribution in [-0.2, 0) is 9.59 Å². The zero-order chi connectivity index (χ0) is 18.1. The molecule has 130 valence electrons. The summed E-state index contributed by atoms with van der Waals surface area (Å²) >= 11 is 0. The number of benzene rings is 3. The Hall–Kier alpha value is -3.34. The maximum absolute atomic E-state index is 12.6. The van der Waals surface area contributed by atoms with Crippen LogP contribution in [0.3, 0.4) is 0 Å². The van der Waals surface area contributed by atoms with Crippen LogP contribution in [0.2, 0.25) is 0 Å². The quantitative estimate of drug-likeness (QED) is 0.582. The van der Waals surface area contributed by atoms with Crippen LogP contribution in [0, 0.1) is 6.92 Å². The van der Waals surface area contributed by atoms with Crippen molar-refractivity contribution in [2.75, 3.05) is 23.3 Å². The number of carbonyl (C=O) groups excluding carboxylic acids is 2. The van der Waals surface area contributed by atoms with Crippen LogP contribution in [0.25, 0.3) is 10.8 Å². The van der Waals surface area contributed by atoms with Crippen molar-refractivity contribution in [3.63, 3.8) is 0 Å². The SMILES string of the molecule is Cc1ccc2c(c1)OC(=O)CN2CC(=O)Nc1cccc2ccccc12. The van der Waals surface area contributed by atoms with E-state index in [9.17, 15) is 9.59 Å². The Bertz CT molecular complexity index is 1010. The van der Waals surface area contributed by atoms with E-state index in [1.54, 1.807) is 4.90 Å². The molecule has 3 aromatic rings. The molecule has 0 saturated carbocycles. The Balaban J connectivity index is 1.56. The third kappa shape index (κ3) is 3.11. The maximum Gasteiger partial charge on any atom is 0.331 e. The topological polar surface area (TPSA) is 58.6 Å². The summed E-state index contributed by atoms with van der Waals surface area (Å²) in [6, 6.07) is 19.3. The van der Waals surface area contributed by atoms with E-state index >= 15 is 0 Å². The van der Waals surface area contributed by atoms with Gasteiger partial charge in [-0.15, -0.1) is 0 Å². The van der Waals surface area contributed by atoms with Crippen LogP contribution in [0.15, 0.2) is 60.7 Å². The fourth-order valence-electron chi connectivity index (χ4n) is 3.20. The fraction of sp³-hybridized carbons (Fsp3) is 0.143. The Labute approximate surface area is 151 Å². The number of rotatable bonds is 3. The maximum atomic E-state index is 12.6. The summed E-state index contributed by atoms with van der Waals surface area (Å²) in [6.45, 7) is 2.06. The van der Waals surface area contributed by atoms with E-state index in [1.807, 2.05) is 67.6 Å². The minimum atomic E-state index is -0.360. The number of nitrogens with one attached hydrogen (secondary N) is 1. The highest BCUT2D eigenvalue weighted by Gasteiger charge is 2.25. The predicted octanol–water partition coefficient (Wildman–Crippen LogP) is 3.51. The van der Waals surface area contributed by atoms with Gasteiger partial charge in [-0.3, -0.25) is 4.79 Å². The Morgan fingerprint density at radius 1 is 1.12 bits per heavy atom. The number of fused-ring (bicyclic) bond motifs is 2. The summed E-state index contributed by atoms with van der Waals surface area (Å²) in [5, 5.41) is 5.00. The normalized spacial score (nSPS) is 13.3. The summed E-state index contributed by atoms with van der Waals surface area (Å²) in [6.07, 6.45) is 0. The van der Waals surface area contributed by atoms with Crippen LogP contribution in [0.1, 0.15) is 5.56 Å². The lowest BCUT2D eigenvalue weighted by atomic mass is 10.1.